The van der Waals surface area contributed by atoms with Gasteiger partial charge in [-0.3, -0.25) is 9.91 Å². The largest absolute Gasteiger partial charge is 0.474 e. The normalized spacial score (nSPS) is 18.2. The Hall–Kier alpha value is -3.06. The summed E-state index contributed by atoms with van der Waals surface area (Å²) in [6, 6.07) is 4.66. The Bertz CT molecular complexity index is 869. The molecule has 1 N–H and O–H groups in total. The molecule has 0 spiro atoms. The first-order chi connectivity index (χ1) is 14.0. The molecule has 1 amide bonds. The molecule has 29 heavy (non-hydrogen) atoms. The number of anilines is 2. The van der Waals surface area contributed by atoms with Crippen molar-refractivity contribution in [2.75, 3.05) is 49.6 Å². The van der Waals surface area contributed by atoms with Crippen molar-refractivity contribution in [2.45, 2.75) is 13.0 Å². The van der Waals surface area contributed by atoms with Crippen LogP contribution in [0.5, 0.6) is 0 Å². The molecule has 1 aromatic rings. The average molecular weight is 419 g/mol. The van der Waals surface area contributed by atoms with Crippen molar-refractivity contribution in [3.63, 3.8) is 0 Å². The van der Waals surface area contributed by atoms with E-state index in [1.807, 2.05) is 5.01 Å². The zero-order valence-electron chi connectivity index (χ0n) is 16.2. The number of rotatable bonds is 5. The maximum atomic E-state index is 14.7. The highest BCUT2D eigenvalue weighted by molar-refractivity contribution is 7.80. The van der Waals surface area contributed by atoms with E-state index < -0.39 is 18.0 Å². The SMILES string of the molecule is CC#CCN1CCN(c2ccc(N3C[C@H](CNC(=S)OC)OC3=O)cc2F)C=N1. The molecular weight excluding hydrogens is 397 g/mol. The van der Waals surface area contributed by atoms with Gasteiger partial charge in [-0.05, 0) is 37.3 Å². The summed E-state index contributed by atoms with van der Waals surface area (Å²) in [4.78, 5) is 15.3. The third-order valence-electron chi connectivity index (χ3n) is 4.48. The highest BCUT2D eigenvalue weighted by Crippen LogP contribution is 2.28. The highest BCUT2D eigenvalue weighted by Gasteiger charge is 2.33. The summed E-state index contributed by atoms with van der Waals surface area (Å²) in [7, 11) is 1.45. The van der Waals surface area contributed by atoms with Crippen LogP contribution in [0.3, 0.4) is 0 Å². The van der Waals surface area contributed by atoms with Crippen molar-refractivity contribution in [1.82, 2.24) is 10.3 Å². The van der Waals surface area contributed by atoms with Crippen LogP contribution >= 0.6 is 12.2 Å². The van der Waals surface area contributed by atoms with Crippen molar-refractivity contribution >= 4 is 41.2 Å². The standard InChI is InChI=1S/C19H22FN5O3S/c1-3-4-7-24-9-8-23(13-22-24)17-6-5-14(10-16(17)20)25-12-15(28-19(25)26)11-21-18(29)27-2/h5-6,10,13,15H,7-9,11-12H2,1-2H3,(H,21,29)/t15-/m0/s1. The molecule has 2 heterocycles. The van der Waals surface area contributed by atoms with Gasteiger partial charge in [0.25, 0.3) is 5.17 Å². The minimum Gasteiger partial charge on any atom is -0.474 e. The Morgan fingerprint density at radius 1 is 1.48 bits per heavy atom. The second-order valence-corrected chi connectivity index (χ2v) is 6.73. The van der Waals surface area contributed by atoms with E-state index in [1.54, 1.807) is 30.3 Å². The van der Waals surface area contributed by atoms with E-state index >= 15 is 0 Å². The molecule has 3 rings (SSSR count). The number of carbonyl (C=O) groups excluding carboxylic acids is 1. The maximum Gasteiger partial charge on any atom is 0.414 e. The molecule has 0 radical (unpaired) electrons. The number of ether oxygens (including phenoxy) is 2. The lowest BCUT2D eigenvalue weighted by Gasteiger charge is -2.29. The second kappa shape index (κ2) is 9.43. The van der Waals surface area contributed by atoms with Gasteiger partial charge in [0, 0.05) is 6.54 Å². The van der Waals surface area contributed by atoms with Crippen molar-refractivity contribution in [3.05, 3.63) is 24.0 Å². The maximum absolute atomic E-state index is 14.7. The van der Waals surface area contributed by atoms with Crippen molar-refractivity contribution in [3.8, 4) is 11.8 Å². The number of amides is 1. The van der Waals surface area contributed by atoms with Gasteiger partial charge in [0.15, 0.2) is 0 Å². The molecule has 0 saturated carbocycles. The molecule has 8 nitrogen and oxygen atoms in total. The molecule has 1 fully saturated rings. The monoisotopic (exact) mass is 419 g/mol. The van der Waals surface area contributed by atoms with Gasteiger partial charge in [0.2, 0.25) is 0 Å². The van der Waals surface area contributed by atoms with Crippen molar-refractivity contribution < 1.29 is 18.7 Å². The third kappa shape index (κ3) is 5.06. The first kappa shape index (κ1) is 20.7. The minimum absolute atomic E-state index is 0.221. The molecule has 2 aliphatic heterocycles. The van der Waals surface area contributed by atoms with Crippen LogP contribution in [0.15, 0.2) is 23.3 Å². The summed E-state index contributed by atoms with van der Waals surface area (Å²) < 4.78 is 24.9. The molecular formula is C19H22FN5O3S. The number of nitrogens with zero attached hydrogens (tertiary/aromatic N) is 4. The molecule has 0 aliphatic carbocycles. The second-order valence-electron chi connectivity index (χ2n) is 6.36. The van der Waals surface area contributed by atoms with E-state index in [-0.39, 0.29) is 11.7 Å². The van der Waals surface area contributed by atoms with Gasteiger partial charge in [-0.2, -0.15) is 5.10 Å². The van der Waals surface area contributed by atoms with Gasteiger partial charge in [0.1, 0.15) is 18.3 Å². The van der Waals surface area contributed by atoms with Gasteiger partial charge in [-0.1, -0.05) is 5.92 Å². The minimum atomic E-state index is -0.528. The zero-order valence-corrected chi connectivity index (χ0v) is 17.0. The Balaban J connectivity index is 1.64. The van der Waals surface area contributed by atoms with E-state index in [4.69, 9.17) is 21.7 Å². The number of halogens is 1. The van der Waals surface area contributed by atoms with Crippen molar-refractivity contribution in [1.29, 1.82) is 0 Å². The van der Waals surface area contributed by atoms with Crippen LogP contribution < -0.4 is 15.1 Å². The summed E-state index contributed by atoms with van der Waals surface area (Å²) >= 11 is 4.90. The quantitative estimate of drug-likeness (QED) is 0.576. The lowest BCUT2D eigenvalue weighted by molar-refractivity contribution is 0.142. The Morgan fingerprint density at radius 2 is 2.31 bits per heavy atom. The van der Waals surface area contributed by atoms with Crippen LogP contribution in [0.2, 0.25) is 0 Å². The fraction of sp³-hybridized carbons (Fsp3) is 0.421. The van der Waals surface area contributed by atoms with Crippen LogP contribution in [-0.2, 0) is 9.47 Å². The molecule has 0 aromatic heterocycles. The predicted molar refractivity (Wildman–Crippen MR) is 112 cm³/mol. The summed E-state index contributed by atoms with van der Waals surface area (Å²) in [6.07, 6.45) is 0.646. The summed E-state index contributed by atoms with van der Waals surface area (Å²) in [5.41, 5.74) is 0.830. The molecule has 1 atom stereocenters. The van der Waals surface area contributed by atoms with Crippen molar-refractivity contribution in [2.24, 2.45) is 5.10 Å². The van der Waals surface area contributed by atoms with Gasteiger partial charge in [-0.15, -0.1) is 5.92 Å². The van der Waals surface area contributed by atoms with E-state index in [9.17, 15) is 9.18 Å². The van der Waals surface area contributed by atoms with E-state index in [0.717, 1.165) is 0 Å². The fourth-order valence-electron chi connectivity index (χ4n) is 2.95. The van der Waals surface area contributed by atoms with Crippen LogP contribution in [0.1, 0.15) is 6.92 Å². The molecule has 0 unspecified atom stereocenters. The molecule has 10 heteroatoms. The molecule has 1 saturated heterocycles. The van der Waals surface area contributed by atoms with Gasteiger partial charge < -0.3 is 19.7 Å². The lowest BCUT2D eigenvalue weighted by atomic mass is 10.2. The Morgan fingerprint density at radius 3 is 2.97 bits per heavy atom. The smallest absolute Gasteiger partial charge is 0.414 e. The van der Waals surface area contributed by atoms with Crippen LogP contribution in [0.4, 0.5) is 20.6 Å². The van der Waals surface area contributed by atoms with Gasteiger partial charge >= 0.3 is 6.09 Å². The van der Waals surface area contributed by atoms with E-state index in [2.05, 4.69) is 22.3 Å². The van der Waals surface area contributed by atoms with E-state index in [1.165, 1.54) is 18.1 Å². The summed E-state index contributed by atoms with van der Waals surface area (Å²) in [5, 5.41) is 9.17. The number of carbonyl (C=O) groups is 1. The number of methoxy groups -OCH3 is 1. The molecule has 2 aliphatic rings. The average Bonchev–Trinajstić information content (AvgIpc) is 3.11. The molecule has 1 aromatic carbocycles. The topological polar surface area (TPSA) is 69.6 Å². The summed E-state index contributed by atoms with van der Waals surface area (Å²) in [5.74, 6) is 5.34. The number of thiocarbonyl (C=S) groups is 1. The number of benzene rings is 1. The molecule has 0 bridgehead atoms. The summed E-state index contributed by atoms with van der Waals surface area (Å²) in [6.45, 7) is 4.16. The number of hydrazone groups is 1. The number of hydrogen-bond donors (Lipinski definition) is 1. The Labute approximate surface area is 174 Å². The number of hydrogen-bond acceptors (Lipinski definition) is 7. The highest BCUT2D eigenvalue weighted by atomic mass is 32.1. The zero-order chi connectivity index (χ0) is 20.8. The molecule has 154 valence electrons. The van der Waals surface area contributed by atoms with Gasteiger partial charge in [-0.25, -0.2) is 9.18 Å². The fourth-order valence-corrected chi connectivity index (χ4v) is 3.03. The lowest BCUT2D eigenvalue weighted by Crippen LogP contribution is -2.38. The Kier molecular flexibility index (Phi) is 6.72. The van der Waals surface area contributed by atoms with Crippen LogP contribution in [-0.4, -0.2) is 68.6 Å². The number of cyclic esters (lactones) is 1. The van der Waals surface area contributed by atoms with Crippen LogP contribution in [0.25, 0.3) is 0 Å². The van der Waals surface area contributed by atoms with Gasteiger partial charge in [0.05, 0.1) is 44.7 Å². The van der Waals surface area contributed by atoms with Crippen LogP contribution in [0, 0.1) is 17.7 Å². The third-order valence-corrected chi connectivity index (χ3v) is 4.79. The number of nitrogens with one attached hydrogen (secondary N) is 1. The first-order valence-electron chi connectivity index (χ1n) is 9.06. The van der Waals surface area contributed by atoms with E-state index in [0.29, 0.717) is 37.6 Å². The predicted octanol–water partition coefficient (Wildman–Crippen LogP) is 1.76. The first-order valence-corrected chi connectivity index (χ1v) is 9.47.